The Balaban J connectivity index is 0.000000164. The van der Waals surface area contributed by atoms with Crippen LogP contribution in [-0.2, 0) is 4.74 Å². The third kappa shape index (κ3) is 8.26. The average Bonchev–Trinajstić information content (AvgIpc) is 3.60. The fraction of sp³-hybridized carbons (Fsp3) is 0.102. The first kappa shape index (κ1) is 37.6. The first-order chi connectivity index (χ1) is 28.6. The third-order valence-corrected chi connectivity index (χ3v) is 9.79. The van der Waals surface area contributed by atoms with Gasteiger partial charge >= 0.3 is 0 Å². The molecule has 9 rings (SSSR count). The van der Waals surface area contributed by atoms with E-state index in [9.17, 15) is 0 Å². The highest BCUT2D eigenvalue weighted by molar-refractivity contribution is 5.84. The number of aryl methyl sites for hydroxylation is 2. The van der Waals surface area contributed by atoms with Crippen molar-refractivity contribution in [3.05, 3.63) is 194 Å². The van der Waals surface area contributed by atoms with Gasteiger partial charge in [0.2, 0.25) is 6.35 Å². The number of para-hydroxylation sites is 2. The number of aromatic nitrogens is 4. The number of nitrogens with zero attached hydrogens (tertiary/aromatic N) is 6. The van der Waals surface area contributed by atoms with Crippen molar-refractivity contribution in [3.63, 3.8) is 0 Å². The van der Waals surface area contributed by atoms with Gasteiger partial charge in [-0.2, -0.15) is 0 Å². The van der Waals surface area contributed by atoms with E-state index in [-0.39, 0.29) is 6.35 Å². The summed E-state index contributed by atoms with van der Waals surface area (Å²) in [6.07, 6.45) is 6.46. The third-order valence-electron chi connectivity index (χ3n) is 9.79. The molecule has 0 bridgehead atoms. The molecule has 0 spiro atoms. The van der Waals surface area contributed by atoms with E-state index in [0.717, 1.165) is 45.5 Å². The summed E-state index contributed by atoms with van der Waals surface area (Å²) in [7, 11) is 0. The van der Waals surface area contributed by atoms with Crippen molar-refractivity contribution in [1.82, 2.24) is 19.9 Å². The Labute approximate surface area is 339 Å². The zero-order chi connectivity index (χ0) is 39.7. The fourth-order valence-electron chi connectivity index (χ4n) is 7.01. The molecule has 2 N–H and O–H groups in total. The van der Waals surface area contributed by atoms with Gasteiger partial charge in [-0.05, 0) is 103 Å². The van der Waals surface area contributed by atoms with Gasteiger partial charge in [-0.1, -0.05) is 109 Å². The molecule has 9 heteroatoms. The Bertz CT molecular complexity index is 2570. The van der Waals surface area contributed by atoms with Crippen LogP contribution in [0.5, 0.6) is 0 Å². The zero-order valence-corrected chi connectivity index (χ0v) is 32.7. The second-order valence-electron chi connectivity index (χ2n) is 13.7. The molecule has 9 nitrogen and oxygen atoms in total. The lowest BCUT2D eigenvalue weighted by molar-refractivity contribution is 0.0766. The first-order valence-electron chi connectivity index (χ1n) is 19.4. The molecular weight excluding hydrogens is 717 g/mol. The van der Waals surface area contributed by atoms with Crippen LogP contribution in [-0.4, -0.2) is 32.9 Å². The van der Waals surface area contributed by atoms with E-state index < -0.39 is 0 Å². The van der Waals surface area contributed by atoms with Crippen LogP contribution in [0.4, 0.5) is 46.0 Å². The predicted molar refractivity (Wildman–Crippen MR) is 236 cm³/mol. The molecule has 1 aliphatic rings. The highest BCUT2D eigenvalue weighted by Crippen LogP contribution is 2.46. The Morgan fingerprint density at radius 1 is 0.500 bits per heavy atom. The highest BCUT2D eigenvalue weighted by atomic mass is 16.5. The molecule has 6 aromatic carbocycles. The lowest BCUT2D eigenvalue weighted by Crippen LogP contribution is -2.41. The number of nitrogens with one attached hydrogen (secondary N) is 2. The van der Waals surface area contributed by atoms with E-state index >= 15 is 0 Å². The zero-order valence-electron chi connectivity index (χ0n) is 32.7. The number of hydrogen-bond donors (Lipinski definition) is 2. The normalized spacial score (nSPS) is 13.0. The Hall–Kier alpha value is -7.36. The van der Waals surface area contributed by atoms with E-state index in [1.807, 2.05) is 67.6 Å². The van der Waals surface area contributed by atoms with Crippen molar-refractivity contribution in [2.24, 2.45) is 0 Å². The van der Waals surface area contributed by atoms with Crippen LogP contribution < -0.4 is 20.4 Å². The smallest absolute Gasteiger partial charge is 0.221 e. The summed E-state index contributed by atoms with van der Waals surface area (Å²) in [4.78, 5) is 22.5. The predicted octanol–water partition coefficient (Wildman–Crippen LogP) is 12.0. The van der Waals surface area contributed by atoms with Crippen LogP contribution in [0.2, 0.25) is 0 Å². The van der Waals surface area contributed by atoms with Crippen molar-refractivity contribution < 1.29 is 4.74 Å². The molecule has 286 valence electrons. The van der Waals surface area contributed by atoms with Gasteiger partial charge in [0.1, 0.15) is 0 Å². The van der Waals surface area contributed by atoms with Gasteiger partial charge in [0.25, 0.3) is 0 Å². The molecule has 58 heavy (non-hydrogen) atoms. The molecule has 8 aromatic rings. The number of fused-ring (bicyclic) bond motifs is 1. The number of rotatable bonds is 10. The van der Waals surface area contributed by atoms with Crippen LogP contribution in [0.15, 0.2) is 183 Å². The second kappa shape index (κ2) is 17.6. The van der Waals surface area contributed by atoms with E-state index in [1.54, 1.807) is 24.8 Å². The standard InChI is InChI=1S/C26H24N4O.C23H20N4/c1-3-31-26-29(22-12-8-5-9-13-22)24-25(28-17-16-27-24)30(26)23-15-14-21(18-19(23)2)20-10-6-4-7-11-20;1-17-16-19(18-8-4-2-5-9-18)12-13-21(17)27-23-22(24-14-15-25-23)26-20-10-6-3-7-11-20/h4-18,26H,3H2,1-2H3;2-16H,1H3,(H,24,26)(H,25,27). The summed E-state index contributed by atoms with van der Waals surface area (Å²) in [5, 5.41) is 6.72. The van der Waals surface area contributed by atoms with Crippen molar-refractivity contribution in [2.75, 3.05) is 27.0 Å². The van der Waals surface area contributed by atoms with Crippen molar-refractivity contribution >= 4 is 46.0 Å². The van der Waals surface area contributed by atoms with Gasteiger partial charge in [0, 0.05) is 54.1 Å². The molecule has 1 aliphatic heterocycles. The van der Waals surface area contributed by atoms with Gasteiger partial charge in [0.05, 0.1) is 0 Å². The van der Waals surface area contributed by atoms with Crippen LogP contribution in [0, 0.1) is 13.8 Å². The number of anilines is 8. The Kier molecular flexibility index (Phi) is 11.4. The summed E-state index contributed by atoms with van der Waals surface area (Å²) < 4.78 is 6.26. The second-order valence-corrected chi connectivity index (χ2v) is 13.7. The topological polar surface area (TPSA) is 91.3 Å². The fourth-order valence-corrected chi connectivity index (χ4v) is 7.01. The van der Waals surface area contributed by atoms with Crippen molar-refractivity contribution in [3.8, 4) is 22.3 Å². The van der Waals surface area contributed by atoms with E-state index in [4.69, 9.17) is 4.74 Å². The molecule has 1 unspecified atom stereocenters. The molecule has 0 aliphatic carbocycles. The molecule has 0 saturated heterocycles. The average molecular weight is 761 g/mol. The Morgan fingerprint density at radius 2 is 1.00 bits per heavy atom. The first-order valence-corrected chi connectivity index (χ1v) is 19.4. The minimum atomic E-state index is -0.369. The minimum Gasteiger partial charge on any atom is -0.340 e. The lowest BCUT2D eigenvalue weighted by Gasteiger charge is -2.32. The lowest BCUT2D eigenvalue weighted by atomic mass is 10.0. The highest BCUT2D eigenvalue weighted by Gasteiger charge is 2.41. The van der Waals surface area contributed by atoms with Crippen LogP contribution in [0.1, 0.15) is 18.1 Å². The maximum absolute atomic E-state index is 6.26. The number of ether oxygens (including phenoxy) is 1. The number of hydrogen-bond acceptors (Lipinski definition) is 9. The number of benzene rings is 6. The van der Waals surface area contributed by atoms with Gasteiger partial charge in [-0.25, -0.2) is 19.9 Å². The summed E-state index contributed by atoms with van der Waals surface area (Å²) in [5.41, 5.74) is 11.1. The van der Waals surface area contributed by atoms with Crippen LogP contribution in [0.3, 0.4) is 0 Å². The Morgan fingerprint density at radius 3 is 1.57 bits per heavy atom. The monoisotopic (exact) mass is 760 g/mol. The maximum atomic E-state index is 6.26. The summed E-state index contributed by atoms with van der Waals surface area (Å²) in [5.74, 6) is 2.96. The molecule has 0 radical (unpaired) electrons. The van der Waals surface area contributed by atoms with E-state index in [0.29, 0.717) is 18.2 Å². The molecule has 1 atom stereocenters. The minimum absolute atomic E-state index is 0.369. The van der Waals surface area contributed by atoms with Gasteiger partial charge in [-0.3, -0.25) is 9.80 Å². The van der Waals surface area contributed by atoms with Crippen molar-refractivity contribution in [2.45, 2.75) is 27.1 Å². The molecule has 0 fully saturated rings. The maximum Gasteiger partial charge on any atom is 0.221 e. The van der Waals surface area contributed by atoms with E-state index in [2.05, 4.69) is 151 Å². The van der Waals surface area contributed by atoms with Crippen LogP contribution >= 0.6 is 0 Å². The quantitative estimate of drug-likeness (QED) is 0.141. The van der Waals surface area contributed by atoms with E-state index in [1.165, 1.54) is 22.3 Å². The molecule has 0 amide bonds. The summed E-state index contributed by atoms with van der Waals surface area (Å²) in [6, 6.07) is 53.8. The molecular formula is C49H44N8O. The van der Waals surface area contributed by atoms with Gasteiger partial charge in [-0.15, -0.1) is 0 Å². The van der Waals surface area contributed by atoms with Crippen LogP contribution in [0.25, 0.3) is 22.3 Å². The largest absolute Gasteiger partial charge is 0.340 e. The molecule has 3 heterocycles. The molecule has 0 saturated carbocycles. The van der Waals surface area contributed by atoms with Gasteiger partial charge in [0.15, 0.2) is 23.3 Å². The SMILES string of the molecule is CCOC1N(c2ccccc2)c2nccnc2N1c1ccc(-c2ccccc2)cc1C.Cc1cc(-c2ccccc2)ccc1Nc1nccnc1Nc1ccccc1. The van der Waals surface area contributed by atoms with Gasteiger partial charge < -0.3 is 15.4 Å². The summed E-state index contributed by atoms with van der Waals surface area (Å²) >= 11 is 0. The van der Waals surface area contributed by atoms with Crippen molar-refractivity contribution in [1.29, 1.82) is 0 Å². The summed E-state index contributed by atoms with van der Waals surface area (Å²) in [6.45, 7) is 6.80. The molecule has 2 aromatic heterocycles.